The number of rotatable bonds is 5. The van der Waals surface area contributed by atoms with Crippen molar-refractivity contribution in [1.82, 2.24) is 15.6 Å². The maximum absolute atomic E-state index is 14.0. The van der Waals surface area contributed by atoms with Gasteiger partial charge in [0.05, 0.1) is 0 Å². The Labute approximate surface area is 169 Å². The van der Waals surface area contributed by atoms with Gasteiger partial charge in [0.15, 0.2) is 5.96 Å². The average molecular weight is 475 g/mol. The molecule has 1 heterocycles. The van der Waals surface area contributed by atoms with Crippen LogP contribution in [0.4, 0.5) is 4.39 Å². The molecular weight excluding hydrogens is 454 g/mol. The number of guanidine groups is 1. The fraction of sp³-hybridized carbons (Fsp3) is 0.333. The summed E-state index contributed by atoms with van der Waals surface area (Å²) in [5.74, 6) is 0.555. The summed E-state index contributed by atoms with van der Waals surface area (Å²) in [7, 11) is 1.72. The maximum Gasteiger partial charge on any atom is 0.191 e. The topological polar surface area (TPSA) is 49.3 Å². The lowest BCUT2D eigenvalue weighted by Gasteiger charge is -2.19. The Bertz CT molecular complexity index is 732. The van der Waals surface area contributed by atoms with E-state index in [9.17, 15) is 4.39 Å². The Morgan fingerprint density at radius 3 is 2.60 bits per heavy atom. The number of benzene rings is 1. The third kappa shape index (κ3) is 5.04. The third-order valence-electron chi connectivity index (χ3n) is 4.37. The molecule has 1 fully saturated rings. The summed E-state index contributed by atoms with van der Waals surface area (Å²) in [5.41, 5.74) is 1.68. The van der Waals surface area contributed by atoms with Crippen molar-refractivity contribution in [2.75, 3.05) is 13.6 Å². The molecule has 0 aliphatic heterocycles. The van der Waals surface area contributed by atoms with Crippen LogP contribution in [0.3, 0.4) is 0 Å². The normalized spacial score (nSPS) is 15.2. The van der Waals surface area contributed by atoms with Gasteiger partial charge in [-0.25, -0.2) is 9.37 Å². The minimum absolute atomic E-state index is 0. The van der Waals surface area contributed by atoms with Crippen LogP contribution >= 0.6 is 35.6 Å². The van der Waals surface area contributed by atoms with Gasteiger partial charge < -0.3 is 10.6 Å². The molecule has 0 amide bonds. The van der Waals surface area contributed by atoms with Crippen LogP contribution in [0.2, 0.25) is 5.15 Å². The van der Waals surface area contributed by atoms with E-state index < -0.39 is 0 Å². The second-order valence-corrected chi connectivity index (χ2v) is 6.42. The number of aromatic nitrogens is 1. The number of pyridine rings is 1. The Morgan fingerprint density at radius 2 is 2.00 bits per heavy atom. The molecule has 3 rings (SSSR count). The summed E-state index contributed by atoms with van der Waals surface area (Å²) < 4.78 is 14.0. The monoisotopic (exact) mass is 474 g/mol. The van der Waals surface area contributed by atoms with Crippen molar-refractivity contribution in [3.05, 3.63) is 64.7 Å². The lowest BCUT2D eigenvalue weighted by Crippen LogP contribution is -2.41. The van der Waals surface area contributed by atoms with Crippen molar-refractivity contribution < 1.29 is 4.39 Å². The largest absolute Gasteiger partial charge is 0.356 e. The summed E-state index contributed by atoms with van der Waals surface area (Å²) in [6, 6.07) is 10.7. The molecule has 4 nitrogen and oxygen atoms in total. The second-order valence-electron chi connectivity index (χ2n) is 6.03. The van der Waals surface area contributed by atoms with E-state index in [1.54, 1.807) is 25.4 Å². The van der Waals surface area contributed by atoms with Gasteiger partial charge in [0.1, 0.15) is 11.0 Å². The molecule has 1 aliphatic rings. The number of hydrogen-bond acceptors (Lipinski definition) is 2. The van der Waals surface area contributed by atoms with Crippen LogP contribution in [0.5, 0.6) is 0 Å². The SMILES string of the molecule is CN=C(NCc1ccc(Cl)nc1)NCC1(c2ccccc2F)CC1.I. The van der Waals surface area contributed by atoms with Crippen LogP contribution in [0, 0.1) is 5.82 Å². The molecule has 134 valence electrons. The maximum atomic E-state index is 14.0. The molecule has 2 aromatic rings. The predicted molar refractivity (Wildman–Crippen MR) is 110 cm³/mol. The zero-order chi connectivity index (χ0) is 17.0. The van der Waals surface area contributed by atoms with Gasteiger partial charge >= 0.3 is 0 Å². The molecule has 2 N–H and O–H groups in total. The summed E-state index contributed by atoms with van der Waals surface area (Å²) in [6.45, 7) is 1.25. The van der Waals surface area contributed by atoms with Crippen molar-refractivity contribution in [2.45, 2.75) is 24.8 Å². The first-order valence-corrected chi connectivity index (χ1v) is 8.31. The van der Waals surface area contributed by atoms with Crippen molar-refractivity contribution >= 4 is 41.5 Å². The number of halogens is 3. The van der Waals surface area contributed by atoms with Crippen LogP contribution < -0.4 is 10.6 Å². The predicted octanol–water partition coefficient (Wildman–Crippen LogP) is 3.89. The Morgan fingerprint density at radius 1 is 1.24 bits per heavy atom. The highest BCUT2D eigenvalue weighted by molar-refractivity contribution is 14.0. The molecule has 0 atom stereocenters. The standard InChI is InChI=1S/C18H20ClFN4.HI/c1-21-17(23-11-13-6-7-16(19)22-10-13)24-12-18(8-9-18)14-4-2-3-5-15(14)20;/h2-7,10H,8-9,11-12H2,1H3,(H2,21,23,24);1H. The lowest BCUT2D eigenvalue weighted by molar-refractivity contribution is 0.559. The summed E-state index contributed by atoms with van der Waals surface area (Å²) >= 11 is 5.78. The van der Waals surface area contributed by atoms with E-state index >= 15 is 0 Å². The van der Waals surface area contributed by atoms with Crippen molar-refractivity contribution in [2.24, 2.45) is 4.99 Å². The molecule has 1 aliphatic carbocycles. The van der Waals surface area contributed by atoms with Crippen molar-refractivity contribution in [3.63, 3.8) is 0 Å². The van der Waals surface area contributed by atoms with Gasteiger partial charge in [-0.1, -0.05) is 35.9 Å². The molecule has 0 spiro atoms. The van der Waals surface area contributed by atoms with Crippen LogP contribution in [-0.2, 0) is 12.0 Å². The van der Waals surface area contributed by atoms with E-state index in [1.807, 2.05) is 18.2 Å². The minimum Gasteiger partial charge on any atom is -0.356 e. The van der Waals surface area contributed by atoms with Gasteiger partial charge in [-0.2, -0.15) is 0 Å². The highest BCUT2D eigenvalue weighted by atomic mass is 127. The molecule has 0 bridgehead atoms. The minimum atomic E-state index is -0.132. The molecular formula is C18H21ClFIN4. The average Bonchev–Trinajstić information content (AvgIpc) is 3.38. The van der Waals surface area contributed by atoms with Gasteiger partial charge in [0, 0.05) is 31.7 Å². The van der Waals surface area contributed by atoms with Gasteiger partial charge in [0.25, 0.3) is 0 Å². The fourth-order valence-electron chi connectivity index (χ4n) is 2.75. The van der Waals surface area contributed by atoms with E-state index in [0.717, 1.165) is 24.0 Å². The summed E-state index contributed by atoms with van der Waals surface area (Å²) in [5, 5.41) is 7.01. The Hall–Kier alpha value is -1.41. The van der Waals surface area contributed by atoms with Gasteiger partial charge in [-0.15, -0.1) is 24.0 Å². The van der Waals surface area contributed by atoms with Crippen LogP contribution in [0.15, 0.2) is 47.6 Å². The Balaban J connectivity index is 0.00000225. The number of nitrogens with zero attached hydrogens (tertiary/aromatic N) is 2. The highest BCUT2D eigenvalue weighted by Crippen LogP contribution is 2.48. The lowest BCUT2D eigenvalue weighted by atomic mass is 9.95. The molecule has 7 heteroatoms. The number of nitrogens with one attached hydrogen (secondary N) is 2. The summed E-state index contributed by atoms with van der Waals surface area (Å²) in [6.07, 6.45) is 3.70. The van der Waals surface area contributed by atoms with E-state index in [0.29, 0.717) is 24.2 Å². The number of aliphatic imine (C=N–C) groups is 1. The first-order chi connectivity index (χ1) is 11.6. The van der Waals surface area contributed by atoms with Crippen LogP contribution in [0.1, 0.15) is 24.0 Å². The van der Waals surface area contributed by atoms with E-state index in [2.05, 4.69) is 20.6 Å². The number of hydrogen-bond donors (Lipinski definition) is 2. The van der Waals surface area contributed by atoms with Gasteiger partial charge in [0.2, 0.25) is 0 Å². The molecule has 1 saturated carbocycles. The molecule has 0 unspecified atom stereocenters. The molecule has 0 radical (unpaired) electrons. The van der Waals surface area contributed by atoms with Crippen LogP contribution in [-0.4, -0.2) is 24.5 Å². The van der Waals surface area contributed by atoms with Crippen LogP contribution in [0.25, 0.3) is 0 Å². The fourth-order valence-corrected chi connectivity index (χ4v) is 2.87. The molecule has 1 aromatic heterocycles. The van der Waals surface area contributed by atoms with Gasteiger partial charge in [-0.3, -0.25) is 4.99 Å². The van der Waals surface area contributed by atoms with Gasteiger partial charge in [-0.05, 0) is 36.1 Å². The molecule has 25 heavy (non-hydrogen) atoms. The highest BCUT2D eigenvalue weighted by Gasteiger charge is 2.45. The van der Waals surface area contributed by atoms with E-state index in [-0.39, 0.29) is 35.2 Å². The first kappa shape index (κ1) is 19.9. The van der Waals surface area contributed by atoms with E-state index in [1.165, 1.54) is 6.07 Å². The quantitative estimate of drug-likeness (QED) is 0.299. The van der Waals surface area contributed by atoms with E-state index in [4.69, 9.17) is 11.6 Å². The second kappa shape index (κ2) is 8.80. The third-order valence-corrected chi connectivity index (χ3v) is 4.59. The zero-order valence-corrected chi connectivity index (χ0v) is 17.0. The smallest absolute Gasteiger partial charge is 0.191 e. The van der Waals surface area contributed by atoms with Crippen molar-refractivity contribution in [3.8, 4) is 0 Å². The zero-order valence-electron chi connectivity index (χ0n) is 13.9. The molecule has 1 aromatic carbocycles. The molecule has 0 saturated heterocycles. The summed E-state index contributed by atoms with van der Waals surface area (Å²) in [4.78, 5) is 8.27. The Kier molecular flexibility index (Phi) is 7.01. The first-order valence-electron chi connectivity index (χ1n) is 7.93. The van der Waals surface area contributed by atoms with Crippen molar-refractivity contribution in [1.29, 1.82) is 0 Å².